The first-order chi connectivity index (χ1) is 18.7. The van der Waals surface area contributed by atoms with Crippen LogP contribution in [0.25, 0.3) is 0 Å². The third kappa shape index (κ3) is 5.37. The molecule has 0 spiro atoms. The number of rotatable bonds is 10. The minimum Gasteiger partial charge on any atom is -0.494 e. The number of carbonyl (C=O) groups excluding carboxylic acids is 2. The molecular formula is C29H42ClN3O6S. The smallest absolute Gasteiger partial charge is 0.265 e. The van der Waals surface area contributed by atoms with E-state index in [1.54, 1.807) is 17.6 Å². The highest BCUT2D eigenvalue weighted by molar-refractivity contribution is 7.93. The molecular weight excluding hydrogens is 554 g/mol. The number of amides is 2. The number of ether oxygens (including phenoxy) is 1. The molecule has 222 valence electrons. The summed E-state index contributed by atoms with van der Waals surface area (Å²) in [7, 11) is -4.04. The minimum atomic E-state index is -4.04. The number of halogens is 1. The summed E-state index contributed by atoms with van der Waals surface area (Å²) in [4.78, 5) is 28.0. The molecule has 1 saturated heterocycles. The van der Waals surface area contributed by atoms with E-state index < -0.39 is 20.5 Å². The maximum atomic E-state index is 13.6. The van der Waals surface area contributed by atoms with E-state index in [2.05, 4.69) is 10.2 Å². The summed E-state index contributed by atoms with van der Waals surface area (Å²) in [6.07, 6.45) is 10.3. The van der Waals surface area contributed by atoms with Crippen molar-refractivity contribution in [2.75, 3.05) is 26.2 Å². The third-order valence-electron chi connectivity index (χ3n) is 10.2. The molecule has 6 fully saturated rings. The predicted octanol–water partition coefficient (Wildman–Crippen LogP) is 3.49. The van der Waals surface area contributed by atoms with Crippen LogP contribution in [-0.2, 0) is 19.4 Å². The summed E-state index contributed by atoms with van der Waals surface area (Å²) in [6.45, 7) is 1.99. The van der Waals surface area contributed by atoms with Crippen molar-refractivity contribution < 1.29 is 28.0 Å². The molecule has 5 saturated carbocycles. The van der Waals surface area contributed by atoms with Crippen LogP contribution in [0.15, 0.2) is 29.2 Å². The summed E-state index contributed by atoms with van der Waals surface area (Å²) in [6, 6.07) is 6.64. The molecule has 0 atom stereocenters. The number of hydroxylamine groups is 1. The molecule has 1 heterocycles. The Bertz CT molecular complexity index is 1160. The summed E-state index contributed by atoms with van der Waals surface area (Å²) >= 11 is 0. The molecule has 3 N–H and O–H groups in total. The SMILES string of the molecule is Cl.O=C(NCCCOc1ccc(S(=O)(=O)C2(C(=O)NO)CCN(C3CC3)CC2)cc1)C12CC3CC(CC(C3)C1)C2. The second-order valence-electron chi connectivity index (χ2n) is 12.8. The van der Waals surface area contributed by atoms with E-state index in [0.717, 1.165) is 49.9 Å². The maximum absolute atomic E-state index is 13.6. The second kappa shape index (κ2) is 11.4. The van der Waals surface area contributed by atoms with E-state index in [4.69, 9.17) is 4.74 Å². The molecule has 9 nitrogen and oxygen atoms in total. The van der Waals surface area contributed by atoms with E-state index in [0.29, 0.717) is 44.5 Å². The predicted molar refractivity (Wildman–Crippen MR) is 151 cm³/mol. The fourth-order valence-electron chi connectivity index (χ4n) is 8.39. The molecule has 1 aromatic carbocycles. The lowest BCUT2D eigenvalue weighted by Gasteiger charge is -2.55. The molecule has 0 radical (unpaired) electrons. The zero-order valence-corrected chi connectivity index (χ0v) is 24.6. The van der Waals surface area contributed by atoms with Gasteiger partial charge in [-0.1, -0.05) is 0 Å². The van der Waals surface area contributed by atoms with Crippen molar-refractivity contribution in [1.29, 1.82) is 0 Å². The highest BCUT2D eigenvalue weighted by Gasteiger charge is 2.55. The summed E-state index contributed by atoms with van der Waals surface area (Å²) in [5, 5.41) is 12.5. The molecule has 4 bridgehead atoms. The van der Waals surface area contributed by atoms with Crippen molar-refractivity contribution in [3.05, 3.63) is 24.3 Å². The number of piperidine rings is 1. The standard InChI is InChI=1S/C29H41N3O6S.ClH/c33-26(28-17-20-14-21(18-28)16-22(15-20)19-28)30-10-1-13-38-24-4-6-25(7-5-24)39(36,37)29(27(34)31-35)8-11-32(12-9-29)23-2-3-23;/h4-7,20-23,35H,1-3,8-19H2,(H,30,33)(H,31,34);1H. The van der Waals surface area contributed by atoms with E-state index in [1.165, 1.54) is 31.4 Å². The lowest BCUT2D eigenvalue weighted by Crippen LogP contribution is -2.58. The lowest BCUT2D eigenvalue weighted by atomic mass is 9.49. The molecule has 2 amide bonds. The van der Waals surface area contributed by atoms with Crippen molar-refractivity contribution in [3.63, 3.8) is 0 Å². The zero-order chi connectivity index (χ0) is 27.3. The Labute approximate surface area is 243 Å². The number of hydrogen-bond donors (Lipinski definition) is 3. The van der Waals surface area contributed by atoms with Gasteiger partial charge in [0.05, 0.1) is 11.5 Å². The van der Waals surface area contributed by atoms with Gasteiger partial charge in [-0.05, 0) is 113 Å². The topological polar surface area (TPSA) is 125 Å². The van der Waals surface area contributed by atoms with Gasteiger partial charge >= 0.3 is 0 Å². The number of likely N-dealkylation sites (tertiary alicyclic amines) is 1. The number of benzene rings is 1. The first-order valence-corrected chi connectivity index (χ1v) is 16.2. The normalized spacial score (nSPS) is 30.8. The van der Waals surface area contributed by atoms with Crippen LogP contribution in [-0.4, -0.2) is 67.4 Å². The Balaban J connectivity index is 0.00000323. The monoisotopic (exact) mass is 595 g/mol. The molecule has 40 heavy (non-hydrogen) atoms. The van der Waals surface area contributed by atoms with Crippen LogP contribution >= 0.6 is 12.4 Å². The maximum Gasteiger partial charge on any atom is 0.265 e. The Morgan fingerprint density at radius 1 is 0.950 bits per heavy atom. The van der Waals surface area contributed by atoms with Crippen LogP contribution in [0.4, 0.5) is 0 Å². The largest absolute Gasteiger partial charge is 0.494 e. The molecule has 0 unspecified atom stereocenters. The number of nitrogens with zero attached hydrogens (tertiary/aromatic N) is 1. The van der Waals surface area contributed by atoms with Crippen molar-refractivity contribution in [2.45, 2.75) is 86.3 Å². The quantitative estimate of drug-likeness (QED) is 0.215. The van der Waals surface area contributed by atoms with E-state index in [9.17, 15) is 23.2 Å². The Kier molecular flexibility index (Phi) is 8.45. The van der Waals surface area contributed by atoms with Gasteiger partial charge in [0.1, 0.15) is 5.75 Å². The number of nitrogens with one attached hydrogen (secondary N) is 2. The number of carbonyl (C=O) groups is 2. The van der Waals surface area contributed by atoms with Crippen LogP contribution < -0.4 is 15.5 Å². The van der Waals surface area contributed by atoms with Gasteiger partial charge in [0.15, 0.2) is 14.6 Å². The molecule has 5 aliphatic carbocycles. The Hall–Kier alpha value is -1.88. The van der Waals surface area contributed by atoms with Gasteiger partial charge in [-0.3, -0.25) is 14.8 Å². The van der Waals surface area contributed by atoms with Gasteiger partial charge in [0.2, 0.25) is 5.91 Å². The van der Waals surface area contributed by atoms with Crippen LogP contribution in [0.5, 0.6) is 5.75 Å². The summed E-state index contributed by atoms with van der Waals surface area (Å²) in [5.41, 5.74) is 1.47. The number of sulfone groups is 1. The zero-order valence-electron chi connectivity index (χ0n) is 23.0. The average molecular weight is 596 g/mol. The van der Waals surface area contributed by atoms with Gasteiger partial charge < -0.3 is 15.0 Å². The molecule has 6 aliphatic rings. The van der Waals surface area contributed by atoms with Crippen molar-refractivity contribution >= 4 is 34.1 Å². The van der Waals surface area contributed by atoms with Crippen LogP contribution in [0.3, 0.4) is 0 Å². The third-order valence-corrected chi connectivity index (χ3v) is 12.7. The Morgan fingerprint density at radius 3 is 2.05 bits per heavy atom. The number of hydrogen-bond acceptors (Lipinski definition) is 7. The summed E-state index contributed by atoms with van der Waals surface area (Å²) in [5.74, 6) is 2.10. The van der Waals surface area contributed by atoms with E-state index in [-0.39, 0.29) is 41.5 Å². The first-order valence-electron chi connectivity index (χ1n) is 14.7. The highest BCUT2D eigenvalue weighted by Crippen LogP contribution is 2.60. The van der Waals surface area contributed by atoms with Crippen molar-refractivity contribution in [2.24, 2.45) is 23.2 Å². The van der Waals surface area contributed by atoms with Gasteiger partial charge in [-0.25, -0.2) is 13.9 Å². The first kappa shape index (κ1) is 29.6. The van der Waals surface area contributed by atoms with E-state index in [1.807, 2.05) is 0 Å². The molecule has 1 aliphatic heterocycles. The fourth-order valence-corrected chi connectivity index (χ4v) is 10.3. The molecule has 7 rings (SSSR count). The molecule has 0 aromatic heterocycles. The van der Waals surface area contributed by atoms with Crippen LogP contribution in [0.1, 0.15) is 70.6 Å². The summed E-state index contributed by atoms with van der Waals surface area (Å²) < 4.78 is 31.4. The van der Waals surface area contributed by atoms with Gasteiger partial charge in [-0.15, -0.1) is 12.4 Å². The highest BCUT2D eigenvalue weighted by atomic mass is 35.5. The van der Waals surface area contributed by atoms with Gasteiger partial charge in [-0.2, -0.15) is 0 Å². The fraction of sp³-hybridized carbons (Fsp3) is 0.724. The van der Waals surface area contributed by atoms with E-state index >= 15 is 0 Å². The average Bonchev–Trinajstić information content (AvgIpc) is 3.77. The minimum absolute atomic E-state index is 0. The van der Waals surface area contributed by atoms with Gasteiger partial charge in [0.25, 0.3) is 5.91 Å². The van der Waals surface area contributed by atoms with Crippen LogP contribution in [0.2, 0.25) is 0 Å². The molecule has 1 aromatic rings. The van der Waals surface area contributed by atoms with Crippen LogP contribution in [0, 0.1) is 23.2 Å². The second-order valence-corrected chi connectivity index (χ2v) is 15.1. The van der Waals surface area contributed by atoms with Crippen molar-refractivity contribution in [3.8, 4) is 5.75 Å². The Morgan fingerprint density at radius 2 is 1.52 bits per heavy atom. The molecule has 11 heteroatoms. The van der Waals surface area contributed by atoms with Crippen molar-refractivity contribution in [1.82, 2.24) is 15.7 Å². The lowest BCUT2D eigenvalue weighted by molar-refractivity contribution is -0.146. The van der Waals surface area contributed by atoms with Gasteiger partial charge in [0, 0.05) is 31.1 Å².